The van der Waals surface area contributed by atoms with E-state index in [2.05, 4.69) is 5.32 Å². The predicted octanol–water partition coefficient (Wildman–Crippen LogP) is 3.39. The minimum atomic E-state index is -0.759. The molecule has 1 aromatic carbocycles. The maximum atomic E-state index is 12.3. The molecule has 1 aromatic rings. The first-order valence-corrected chi connectivity index (χ1v) is 7.58. The Morgan fingerprint density at radius 1 is 1.15 bits per heavy atom. The molecule has 1 aliphatic carbocycles. The molecule has 2 rings (SSSR count). The van der Waals surface area contributed by atoms with Gasteiger partial charge in [-0.05, 0) is 25.3 Å². The van der Waals surface area contributed by atoms with Crippen LogP contribution in [-0.2, 0) is 15.1 Å². The van der Waals surface area contributed by atoms with E-state index in [1.807, 2.05) is 37.3 Å². The molecule has 20 heavy (non-hydrogen) atoms. The Bertz CT molecular complexity index is 424. The molecule has 0 heterocycles. The summed E-state index contributed by atoms with van der Waals surface area (Å²) in [5, 5.41) is 3.56. The van der Waals surface area contributed by atoms with Gasteiger partial charge in [0.2, 0.25) is 0 Å². The molecule has 0 aromatic heterocycles. The average Bonchev–Trinajstić information content (AvgIpc) is 2.75. The van der Waals surface area contributed by atoms with Gasteiger partial charge in [0.25, 0.3) is 0 Å². The minimum Gasteiger partial charge on any atom is -0.467 e. The van der Waals surface area contributed by atoms with E-state index < -0.39 is 5.54 Å². The largest absolute Gasteiger partial charge is 0.467 e. The molecule has 0 bridgehead atoms. The molecule has 3 nitrogen and oxygen atoms in total. The molecule has 1 unspecified atom stereocenters. The molecule has 1 atom stereocenters. The van der Waals surface area contributed by atoms with Gasteiger partial charge in [-0.15, -0.1) is 0 Å². The average molecular weight is 275 g/mol. The van der Waals surface area contributed by atoms with Crippen molar-refractivity contribution >= 4 is 5.97 Å². The molecule has 1 saturated carbocycles. The number of rotatable bonds is 4. The molecule has 110 valence electrons. The lowest BCUT2D eigenvalue weighted by molar-refractivity contribution is -0.148. The van der Waals surface area contributed by atoms with Gasteiger partial charge in [-0.2, -0.15) is 0 Å². The number of hydrogen-bond acceptors (Lipinski definition) is 3. The van der Waals surface area contributed by atoms with Crippen molar-refractivity contribution in [1.29, 1.82) is 0 Å². The van der Waals surface area contributed by atoms with E-state index in [1.54, 1.807) is 0 Å². The number of hydrogen-bond donors (Lipinski definition) is 1. The monoisotopic (exact) mass is 275 g/mol. The summed E-state index contributed by atoms with van der Waals surface area (Å²) in [6.45, 7) is 1.93. The van der Waals surface area contributed by atoms with Crippen LogP contribution in [0.5, 0.6) is 0 Å². The predicted molar refractivity (Wildman–Crippen MR) is 80.4 cm³/mol. The van der Waals surface area contributed by atoms with Crippen LogP contribution >= 0.6 is 0 Å². The van der Waals surface area contributed by atoms with Crippen LogP contribution in [-0.4, -0.2) is 19.1 Å². The summed E-state index contributed by atoms with van der Waals surface area (Å²) < 4.78 is 5.04. The zero-order chi connectivity index (χ0) is 14.4. The van der Waals surface area contributed by atoms with Crippen LogP contribution in [0.3, 0.4) is 0 Å². The van der Waals surface area contributed by atoms with Gasteiger partial charge in [0, 0.05) is 6.04 Å². The second-order valence-electron chi connectivity index (χ2n) is 5.82. The standard InChI is InChI=1S/C17H25NO2/c1-17(16(19)20-2,14-10-6-5-7-11-14)18-15-12-8-3-4-9-13-15/h5-7,10-11,15,18H,3-4,8-9,12-13H2,1-2H3. The molecule has 1 N–H and O–H groups in total. The highest BCUT2D eigenvalue weighted by Gasteiger charge is 2.38. The van der Waals surface area contributed by atoms with Gasteiger partial charge in [-0.3, -0.25) is 5.32 Å². The van der Waals surface area contributed by atoms with Crippen LogP contribution in [0, 0.1) is 0 Å². The summed E-state index contributed by atoms with van der Waals surface area (Å²) in [5.41, 5.74) is 0.210. The van der Waals surface area contributed by atoms with Gasteiger partial charge < -0.3 is 4.74 Å². The van der Waals surface area contributed by atoms with Crippen LogP contribution in [0.2, 0.25) is 0 Å². The van der Waals surface area contributed by atoms with E-state index in [0.717, 1.165) is 18.4 Å². The molecule has 0 aliphatic heterocycles. The highest BCUT2D eigenvalue weighted by molar-refractivity contribution is 5.82. The Kier molecular flexibility index (Phi) is 5.18. The van der Waals surface area contributed by atoms with Crippen molar-refractivity contribution in [2.45, 2.75) is 57.0 Å². The van der Waals surface area contributed by atoms with E-state index in [1.165, 1.54) is 32.8 Å². The molecule has 0 radical (unpaired) electrons. The molecule has 3 heteroatoms. The summed E-state index contributed by atoms with van der Waals surface area (Å²) in [5.74, 6) is -0.215. The van der Waals surface area contributed by atoms with Crippen molar-refractivity contribution in [3.8, 4) is 0 Å². The smallest absolute Gasteiger partial charge is 0.330 e. The molecule has 1 fully saturated rings. The number of nitrogens with one attached hydrogen (secondary N) is 1. The highest BCUT2D eigenvalue weighted by Crippen LogP contribution is 2.26. The topological polar surface area (TPSA) is 38.3 Å². The lowest BCUT2D eigenvalue weighted by atomic mass is 9.90. The number of esters is 1. The lowest BCUT2D eigenvalue weighted by Crippen LogP contribution is -2.51. The fourth-order valence-corrected chi connectivity index (χ4v) is 3.07. The highest BCUT2D eigenvalue weighted by atomic mass is 16.5. The van der Waals surface area contributed by atoms with E-state index in [-0.39, 0.29) is 5.97 Å². The van der Waals surface area contributed by atoms with E-state index in [4.69, 9.17) is 4.74 Å². The normalized spacial score (nSPS) is 19.9. The van der Waals surface area contributed by atoms with Gasteiger partial charge >= 0.3 is 5.97 Å². The van der Waals surface area contributed by atoms with Gasteiger partial charge in [-0.1, -0.05) is 56.0 Å². The number of benzene rings is 1. The number of carbonyl (C=O) groups excluding carboxylic acids is 1. The van der Waals surface area contributed by atoms with E-state index in [9.17, 15) is 4.79 Å². The number of methoxy groups -OCH3 is 1. The van der Waals surface area contributed by atoms with Crippen molar-refractivity contribution in [2.75, 3.05) is 7.11 Å². The SMILES string of the molecule is COC(=O)C(C)(NC1CCCCCC1)c1ccccc1. The van der Waals surface area contributed by atoms with Crippen molar-refractivity contribution in [2.24, 2.45) is 0 Å². The Hall–Kier alpha value is -1.35. The number of carbonyl (C=O) groups is 1. The molecular formula is C17H25NO2. The van der Waals surface area contributed by atoms with Crippen LogP contribution in [0.1, 0.15) is 51.0 Å². The third kappa shape index (κ3) is 3.40. The molecule has 0 spiro atoms. The van der Waals surface area contributed by atoms with Gasteiger partial charge in [0.05, 0.1) is 7.11 Å². The lowest BCUT2D eigenvalue weighted by Gasteiger charge is -2.33. The van der Waals surface area contributed by atoms with Gasteiger partial charge in [-0.25, -0.2) is 4.79 Å². The second-order valence-corrected chi connectivity index (χ2v) is 5.82. The van der Waals surface area contributed by atoms with Crippen LogP contribution in [0.25, 0.3) is 0 Å². The van der Waals surface area contributed by atoms with Crippen LogP contribution < -0.4 is 5.32 Å². The van der Waals surface area contributed by atoms with E-state index in [0.29, 0.717) is 6.04 Å². The van der Waals surface area contributed by atoms with Crippen molar-refractivity contribution in [1.82, 2.24) is 5.32 Å². The third-order valence-electron chi connectivity index (χ3n) is 4.29. The van der Waals surface area contributed by atoms with Crippen LogP contribution in [0.4, 0.5) is 0 Å². The first kappa shape index (κ1) is 15.0. The fraction of sp³-hybridized carbons (Fsp3) is 0.588. The van der Waals surface area contributed by atoms with Crippen LogP contribution in [0.15, 0.2) is 30.3 Å². The molecular weight excluding hydrogens is 250 g/mol. The van der Waals surface area contributed by atoms with Gasteiger partial charge in [0.15, 0.2) is 0 Å². The maximum Gasteiger partial charge on any atom is 0.330 e. The Morgan fingerprint density at radius 2 is 1.75 bits per heavy atom. The summed E-state index contributed by atoms with van der Waals surface area (Å²) >= 11 is 0. The Labute approximate surface area is 121 Å². The molecule has 0 amide bonds. The third-order valence-corrected chi connectivity index (χ3v) is 4.29. The zero-order valence-electron chi connectivity index (χ0n) is 12.5. The Balaban J connectivity index is 2.21. The summed E-state index contributed by atoms with van der Waals surface area (Å²) in [7, 11) is 1.46. The minimum absolute atomic E-state index is 0.215. The fourth-order valence-electron chi connectivity index (χ4n) is 3.07. The maximum absolute atomic E-state index is 12.3. The quantitative estimate of drug-likeness (QED) is 0.676. The van der Waals surface area contributed by atoms with Crippen molar-refractivity contribution in [3.63, 3.8) is 0 Å². The molecule has 0 saturated heterocycles. The second kappa shape index (κ2) is 6.89. The first-order valence-electron chi connectivity index (χ1n) is 7.58. The summed E-state index contributed by atoms with van der Waals surface area (Å²) in [6, 6.07) is 10.3. The Morgan fingerprint density at radius 3 is 2.30 bits per heavy atom. The zero-order valence-corrected chi connectivity index (χ0v) is 12.5. The number of ether oxygens (including phenoxy) is 1. The van der Waals surface area contributed by atoms with Gasteiger partial charge in [0.1, 0.15) is 5.54 Å². The van der Waals surface area contributed by atoms with E-state index >= 15 is 0 Å². The summed E-state index contributed by atoms with van der Waals surface area (Å²) in [6.07, 6.45) is 7.36. The van der Waals surface area contributed by atoms with Crippen molar-refractivity contribution in [3.05, 3.63) is 35.9 Å². The van der Waals surface area contributed by atoms with Crippen molar-refractivity contribution < 1.29 is 9.53 Å². The molecule has 1 aliphatic rings. The first-order chi connectivity index (χ1) is 9.66. The summed E-state index contributed by atoms with van der Waals surface area (Å²) in [4.78, 5) is 12.3.